The highest BCUT2D eigenvalue weighted by atomic mass is 79.9. The van der Waals surface area contributed by atoms with Crippen molar-refractivity contribution in [3.8, 4) is 23.0 Å². The van der Waals surface area contributed by atoms with Crippen molar-refractivity contribution in [2.75, 3.05) is 14.2 Å². The fourth-order valence-electron chi connectivity index (χ4n) is 2.32. The van der Waals surface area contributed by atoms with E-state index in [1.807, 2.05) is 0 Å². The second-order valence-electron chi connectivity index (χ2n) is 4.86. The van der Waals surface area contributed by atoms with Gasteiger partial charge in [0, 0.05) is 11.6 Å². The Labute approximate surface area is 135 Å². The number of aryl methyl sites for hydroxylation is 1. The first-order chi connectivity index (χ1) is 10.6. The summed E-state index contributed by atoms with van der Waals surface area (Å²) in [5, 5.41) is 0. The summed E-state index contributed by atoms with van der Waals surface area (Å²) in [7, 11) is 3.13. The summed E-state index contributed by atoms with van der Waals surface area (Å²) in [5.41, 5.74) is 1.51. The maximum Gasteiger partial charge on any atom is 0.346 e. The van der Waals surface area contributed by atoms with E-state index in [1.54, 1.807) is 38.5 Å². The maximum absolute atomic E-state index is 12.2. The molecule has 2 aromatic rings. The van der Waals surface area contributed by atoms with E-state index >= 15 is 0 Å². The molecule has 22 heavy (non-hydrogen) atoms. The monoisotopic (exact) mass is 363 g/mol. The maximum atomic E-state index is 12.2. The van der Waals surface area contributed by atoms with Gasteiger partial charge in [-0.15, -0.1) is 0 Å². The van der Waals surface area contributed by atoms with E-state index < -0.39 is 5.63 Å². The molecule has 114 valence electrons. The Bertz CT molecular complexity index is 788. The Morgan fingerprint density at radius 1 is 1.14 bits per heavy atom. The number of aromatic nitrogens is 1. The molecule has 1 aromatic heterocycles. The molecule has 0 amide bonds. The number of benzene rings is 1. The Morgan fingerprint density at radius 2 is 1.82 bits per heavy atom. The van der Waals surface area contributed by atoms with Gasteiger partial charge in [-0.2, -0.15) is 0 Å². The Balaban J connectivity index is 2.14. The van der Waals surface area contributed by atoms with Crippen LogP contribution in [0, 0.1) is 0 Å². The first kappa shape index (κ1) is 14.8. The zero-order valence-electron chi connectivity index (χ0n) is 12.2. The molecule has 0 aliphatic heterocycles. The molecule has 5 nitrogen and oxygen atoms in total. The van der Waals surface area contributed by atoms with Crippen LogP contribution < -0.4 is 15.1 Å². The van der Waals surface area contributed by atoms with Crippen molar-refractivity contribution in [1.29, 1.82) is 0 Å². The van der Waals surface area contributed by atoms with Crippen molar-refractivity contribution in [2.45, 2.75) is 12.8 Å². The standard InChI is InChI=1S/C16H14BrNO4/c1-20-11-5-9(6-12(8-11)21-2)15-18-14-4-3-10(17)7-13(14)16(19)22-15/h5-8H,3-4H2,1-2H3. The van der Waals surface area contributed by atoms with E-state index in [2.05, 4.69) is 20.9 Å². The van der Waals surface area contributed by atoms with Gasteiger partial charge in [0.2, 0.25) is 5.89 Å². The lowest BCUT2D eigenvalue weighted by molar-refractivity contribution is 0.394. The molecule has 1 aromatic carbocycles. The number of allylic oxidation sites excluding steroid dienone is 1. The number of hydrogen-bond donors (Lipinski definition) is 0. The normalized spacial score (nSPS) is 13.3. The van der Waals surface area contributed by atoms with Gasteiger partial charge in [0.25, 0.3) is 0 Å². The fraction of sp³-hybridized carbons (Fsp3) is 0.250. The van der Waals surface area contributed by atoms with Crippen molar-refractivity contribution in [2.24, 2.45) is 0 Å². The van der Waals surface area contributed by atoms with Crippen LogP contribution in [0.25, 0.3) is 17.5 Å². The van der Waals surface area contributed by atoms with Gasteiger partial charge in [-0.3, -0.25) is 0 Å². The Morgan fingerprint density at radius 3 is 2.45 bits per heavy atom. The molecule has 0 fully saturated rings. The molecular formula is C16H14BrNO4. The average molecular weight is 364 g/mol. The predicted molar refractivity (Wildman–Crippen MR) is 86.5 cm³/mol. The smallest absolute Gasteiger partial charge is 0.346 e. The third-order valence-corrected chi connectivity index (χ3v) is 4.08. The van der Waals surface area contributed by atoms with Crippen LogP contribution in [0.15, 0.2) is 31.9 Å². The van der Waals surface area contributed by atoms with Gasteiger partial charge < -0.3 is 13.9 Å². The molecule has 0 bridgehead atoms. The quantitative estimate of drug-likeness (QED) is 0.836. The SMILES string of the molecule is COc1cc(OC)cc(-c2nc3c(c(=O)o2)C=C(Br)CC3)c1. The minimum absolute atomic E-state index is 0.271. The number of hydrogen-bond acceptors (Lipinski definition) is 5. The highest BCUT2D eigenvalue weighted by Gasteiger charge is 2.18. The summed E-state index contributed by atoms with van der Waals surface area (Å²) in [6, 6.07) is 5.27. The van der Waals surface area contributed by atoms with Crippen LogP contribution in [0.3, 0.4) is 0 Å². The van der Waals surface area contributed by atoms with Gasteiger partial charge >= 0.3 is 5.63 Å². The molecule has 1 heterocycles. The molecule has 1 aliphatic rings. The summed E-state index contributed by atoms with van der Waals surface area (Å²) < 4.78 is 16.8. The van der Waals surface area contributed by atoms with E-state index in [9.17, 15) is 4.79 Å². The number of halogens is 1. The number of ether oxygens (including phenoxy) is 2. The minimum Gasteiger partial charge on any atom is -0.497 e. The van der Waals surface area contributed by atoms with E-state index in [1.165, 1.54) is 0 Å². The summed E-state index contributed by atoms with van der Waals surface area (Å²) in [6.45, 7) is 0. The zero-order valence-corrected chi connectivity index (χ0v) is 13.8. The topological polar surface area (TPSA) is 61.6 Å². The molecule has 1 aliphatic carbocycles. The molecule has 0 atom stereocenters. The molecular weight excluding hydrogens is 350 g/mol. The van der Waals surface area contributed by atoms with Gasteiger partial charge in [0.15, 0.2) is 0 Å². The Hall–Kier alpha value is -2.08. The highest BCUT2D eigenvalue weighted by Crippen LogP contribution is 2.30. The highest BCUT2D eigenvalue weighted by molar-refractivity contribution is 9.11. The van der Waals surface area contributed by atoms with E-state index in [-0.39, 0.29) is 5.89 Å². The lowest BCUT2D eigenvalue weighted by Gasteiger charge is -2.12. The second-order valence-corrected chi connectivity index (χ2v) is 5.88. The molecule has 0 unspecified atom stereocenters. The predicted octanol–water partition coefficient (Wildman–Crippen LogP) is 3.40. The summed E-state index contributed by atoms with van der Waals surface area (Å²) in [6.07, 6.45) is 3.30. The second kappa shape index (κ2) is 5.96. The van der Waals surface area contributed by atoms with Gasteiger partial charge in [0.1, 0.15) is 11.5 Å². The first-order valence-electron chi connectivity index (χ1n) is 6.74. The van der Waals surface area contributed by atoms with Crippen LogP contribution in [0.4, 0.5) is 0 Å². The summed E-state index contributed by atoms with van der Waals surface area (Å²) >= 11 is 3.41. The van der Waals surface area contributed by atoms with Crippen LogP contribution in [-0.4, -0.2) is 19.2 Å². The molecule has 0 saturated carbocycles. The molecule has 0 spiro atoms. The molecule has 3 rings (SSSR count). The number of nitrogens with zero attached hydrogens (tertiary/aromatic N) is 1. The van der Waals surface area contributed by atoms with Crippen molar-refractivity contribution in [1.82, 2.24) is 4.98 Å². The lowest BCUT2D eigenvalue weighted by atomic mass is 10.0. The van der Waals surface area contributed by atoms with Gasteiger partial charge in [-0.05, 0) is 35.5 Å². The minimum atomic E-state index is -0.390. The number of methoxy groups -OCH3 is 2. The zero-order chi connectivity index (χ0) is 15.7. The molecule has 0 saturated heterocycles. The molecule has 0 N–H and O–H groups in total. The third-order valence-electron chi connectivity index (χ3n) is 3.46. The van der Waals surface area contributed by atoms with Crippen LogP contribution in [0.1, 0.15) is 17.7 Å². The molecule has 0 radical (unpaired) electrons. The van der Waals surface area contributed by atoms with Crippen LogP contribution in [-0.2, 0) is 6.42 Å². The largest absolute Gasteiger partial charge is 0.497 e. The van der Waals surface area contributed by atoms with E-state index in [0.717, 1.165) is 16.6 Å². The van der Waals surface area contributed by atoms with Crippen LogP contribution in [0.5, 0.6) is 11.5 Å². The third kappa shape index (κ3) is 2.78. The fourth-order valence-corrected chi connectivity index (χ4v) is 2.75. The van der Waals surface area contributed by atoms with Crippen molar-refractivity contribution >= 4 is 22.0 Å². The van der Waals surface area contributed by atoms with Gasteiger partial charge in [0.05, 0.1) is 25.5 Å². The first-order valence-corrected chi connectivity index (χ1v) is 7.53. The summed E-state index contributed by atoms with van der Waals surface area (Å²) in [5.74, 6) is 1.49. The average Bonchev–Trinajstić information content (AvgIpc) is 2.54. The van der Waals surface area contributed by atoms with Crippen LogP contribution >= 0.6 is 15.9 Å². The van der Waals surface area contributed by atoms with Crippen molar-refractivity contribution in [3.05, 3.63) is 44.4 Å². The number of rotatable bonds is 3. The van der Waals surface area contributed by atoms with Crippen molar-refractivity contribution < 1.29 is 13.9 Å². The van der Waals surface area contributed by atoms with Crippen LogP contribution in [0.2, 0.25) is 0 Å². The van der Waals surface area contributed by atoms with E-state index in [0.29, 0.717) is 29.0 Å². The molecule has 6 heteroatoms. The van der Waals surface area contributed by atoms with E-state index in [4.69, 9.17) is 13.9 Å². The summed E-state index contributed by atoms with van der Waals surface area (Å²) in [4.78, 5) is 16.7. The number of fused-ring (bicyclic) bond motifs is 1. The lowest BCUT2D eigenvalue weighted by Crippen LogP contribution is -2.13. The van der Waals surface area contributed by atoms with Crippen molar-refractivity contribution in [3.63, 3.8) is 0 Å². The Kier molecular flexibility index (Phi) is 4.02. The van der Waals surface area contributed by atoms with Gasteiger partial charge in [-0.1, -0.05) is 15.9 Å². The van der Waals surface area contributed by atoms with Gasteiger partial charge in [-0.25, -0.2) is 9.78 Å².